The number of carbonyl (C=O) groups is 1. The van der Waals surface area contributed by atoms with E-state index in [4.69, 9.17) is 4.74 Å². The Bertz CT molecular complexity index is 904. The first kappa shape index (κ1) is 18.6. The first-order valence-electron chi connectivity index (χ1n) is 9.09. The summed E-state index contributed by atoms with van der Waals surface area (Å²) in [6.07, 6.45) is 2.74. The second kappa shape index (κ2) is 8.99. The molecule has 0 unspecified atom stereocenters. The van der Waals surface area contributed by atoms with Crippen molar-refractivity contribution in [3.05, 3.63) is 89.1 Å². The molecule has 4 heteroatoms. The summed E-state index contributed by atoms with van der Waals surface area (Å²) >= 11 is 0. The van der Waals surface area contributed by atoms with Gasteiger partial charge in [-0.25, -0.2) is 4.98 Å². The lowest BCUT2D eigenvalue weighted by Gasteiger charge is -2.12. The summed E-state index contributed by atoms with van der Waals surface area (Å²) in [4.78, 5) is 16.6. The van der Waals surface area contributed by atoms with Crippen LogP contribution in [0.1, 0.15) is 28.7 Å². The highest BCUT2D eigenvalue weighted by molar-refractivity contribution is 5.91. The molecule has 0 fully saturated rings. The van der Waals surface area contributed by atoms with Gasteiger partial charge in [0.2, 0.25) is 5.91 Å². The summed E-state index contributed by atoms with van der Waals surface area (Å²) in [6, 6.07) is 19.9. The highest BCUT2D eigenvalue weighted by Gasteiger charge is 2.10. The molecule has 0 aliphatic heterocycles. The maximum atomic E-state index is 12.3. The van der Waals surface area contributed by atoms with E-state index in [1.54, 1.807) is 12.3 Å². The highest BCUT2D eigenvalue weighted by atomic mass is 16.5. The standard InChI is InChI=1S/C23H24N2O2/c1-17-9-11-19(12-10-17)13-14-22(26)25-23-21(8-5-15-24-23)27-16-20-7-4-3-6-18(20)2/h3-12,15H,13-14,16H2,1-2H3,(H,24,25,26). The van der Waals surface area contributed by atoms with Crippen LogP contribution in [-0.2, 0) is 17.8 Å². The number of aryl methyl sites for hydroxylation is 3. The molecule has 3 aromatic rings. The van der Waals surface area contributed by atoms with E-state index in [1.807, 2.05) is 24.3 Å². The predicted octanol–water partition coefficient (Wildman–Crippen LogP) is 4.85. The summed E-state index contributed by atoms with van der Waals surface area (Å²) in [5.74, 6) is 0.958. The van der Waals surface area contributed by atoms with Gasteiger partial charge in [-0.2, -0.15) is 0 Å². The van der Waals surface area contributed by atoms with Crippen LogP contribution in [0.4, 0.5) is 5.82 Å². The average Bonchev–Trinajstić information content (AvgIpc) is 2.68. The lowest BCUT2D eigenvalue weighted by Crippen LogP contribution is -2.14. The van der Waals surface area contributed by atoms with E-state index in [2.05, 4.69) is 54.5 Å². The fraction of sp³-hybridized carbons (Fsp3) is 0.217. The van der Waals surface area contributed by atoms with Crippen molar-refractivity contribution in [3.8, 4) is 5.75 Å². The van der Waals surface area contributed by atoms with Crippen LogP contribution >= 0.6 is 0 Å². The van der Waals surface area contributed by atoms with Crippen molar-refractivity contribution >= 4 is 11.7 Å². The van der Waals surface area contributed by atoms with Gasteiger partial charge in [0.15, 0.2) is 11.6 Å². The Balaban J connectivity index is 1.59. The van der Waals surface area contributed by atoms with Gasteiger partial charge in [0, 0.05) is 12.6 Å². The van der Waals surface area contributed by atoms with Gasteiger partial charge in [-0.15, -0.1) is 0 Å². The van der Waals surface area contributed by atoms with Gasteiger partial charge in [-0.3, -0.25) is 4.79 Å². The largest absolute Gasteiger partial charge is 0.485 e. The number of ether oxygens (including phenoxy) is 1. The molecule has 0 saturated carbocycles. The van der Waals surface area contributed by atoms with Crippen molar-refractivity contribution in [1.82, 2.24) is 4.98 Å². The summed E-state index contributed by atoms with van der Waals surface area (Å²) in [5, 5.41) is 2.87. The number of nitrogens with zero attached hydrogens (tertiary/aromatic N) is 1. The van der Waals surface area contributed by atoms with Crippen LogP contribution in [0.2, 0.25) is 0 Å². The van der Waals surface area contributed by atoms with Crippen molar-refractivity contribution < 1.29 is 9.53 Å². The third-order valence-corrected chi connectivity index (χ3v) is 4.43. The molecular weight excluding hydrogens is 336 g/mol. The number of rotatable bonds is 7. The number of amides is 1. The normalized spacial score (nSPS) is 10.4. The third-order valence-electron chi connectivity index (χ3n) is 4.43. The van der Waals surface area contributed by atoms with Gasteiger partial charge in [0.05, 0.1) is 0 Å². The molecule has 4 nitrogen and oxygen atoms in total. The maximum Gasteiger partial charge on any atom is 0.225 e. The monoisotopic (exact) mass is 360 g/mol. The number of nitrogens with one attached hydrogen (secondary N) is 1. The number of aromatic nitrogens is 1. The fourth-order valence-electron chi connectivity index (χ4n) is 2.74. The zero-order chi connectivity index (χ0) is 19.1. The molecule has 0 bridgehead atoms. The van der Waals surface area contributed by atoms with Crippen molar-refractivity contribution in [2.75, 3.05) is 5.32 Å². The first-order valence-corrected chi connectivity index (χ1v) is 9.09. The molecule has 0 saturated heterocycles. The lowest BCUT2D eigenvalue weighted by molar-refractivity contribution is -0.116. The van der Waals surface area contributed by atoms with Gasteiger partial charge in [-0.1, -0.05) is 54.1 Å². The van der Waals surface area contributed by atoms with E-state index >= 15 is 0 Å². The van der Waals surface area contributed by atoms with Crippen molar-refractivity contribution in [2.24, 2.45) is 0 Å². The maximum absolute atomic E-state index is 12.3. The van der Waals surface area contributed by atoms with Crippen LogP contribution in [0.5, 0.6) is 5.75 Å². The van der Waals surface area contributed by atoms with Crippen LogP contribution in [0, 0.1) is 13.8 Å². The van der Waals surface area contributed by atoms with Gasteiger partial charge in [-0.05, 0) is 49.1 Å². The molecule has 0 aliphatic carbocycles. The van der Waals surface area contributed by atoms with Gasteiger partial charge < -0.3 is 10.1 Å². The SMILES string of the molecule is Cc1ccc(CCC(=O)Nc2ncccc2OCc2ccccc2C)cc1. The van der Waals surface area contributed by atoms with Gasteiger partial charge >= 0.3 is 0 Å². The van der Waals surface area contributed by atoms with Crippen LogP contribution in [0.25, 0.3) is 0 Å². The van der Waals surface area contributed by atoms with E-state index in [1.165, 1.54) is 11.1 Å². The molecule has 0 radical (unpaired) electrons. The van der Waals surface area contributed by atoms with E-state index in [9.17, 15) is 4.79 Å². The number of carbonyl (C=O) groups excluding carboxylic acids is 1. The Morgan fingerprint density at radius 2 is 1.78 bits per heavy atom. The Morgan fingerprint density at radius 3 is 2.56 bits per heavy atom. The fourth-order valence-corrected chi connectivity index (χ4v) is 2.74. The molecule has 138 valence electrons. The smallest absolute Gasteiger partial charge is 0.225 e. The predicted molar refractivity (Wildman–Crippen MR) is 108 cm³/mol. The zero-order valence-corrected chi connectivity index (χ0v) is 15.7. The number of benzene rings is 2. The molecule has 2 aromatic carbocycles. The lowest BCUT2D eigenvalue weighted by atomic mass is 10.1. The third kappa shape index (κ3) is 5.42. The molecule has 3 rings (SSSR count). The summed E-state index contributed by atoms with van der Waals surface area (Å²) in [7, 11) is 0. The number of pyridine rings is 1. The van der Waals surface area contributed by atoms with Crippen LogP contribution in [0.3, 0.4) is 0 Å². The molecule has 0 atom stereocenters. The Kier molecular flexibility index (Phi) is 6.21. The molecule has 1 amide bonds. The van der Waals surface area contributed by atoms with Crippen molar-refractivity contribution in [1.29, 1.82) is 0 Å². The van der Waals surface area contributed by atoms with Crippen LogP contribution in [-0.4, -0.2) is 10.9 Å². The van der Waals surface area contributed by atoms with Gasteiger partial charge in [0.25, 0.3) is 0 Å². The Hall–Kier alpha value is -3.14. The minimum atomic E-state index is -0.0741. The molecule has 0 spiro atoms. The molecule has 27 heavy (non-hydrogen) atoms. The van der Waals surface area contributed by atoms with Crippen LogP contribution in [0.15, 0.2) is 66.9 Å². The number of hydrogen-bond donors (Lipinski definition) is 1. The summed E-state index contributed by atoms with van der Waals surface area (Å²) < 4.78 is 5.90. The quantitative estimate of drug-likeness (QED) is 0.655. The average molecular weight is 360 g/mol. The molecule has 0 aliphatic rings. The van der Waals surface area contributed by atoms with E-state index < -0.39 is 0 Å². The Morgan fingerprint density at radius 1 is 1.00 bits per heavy atom. The minimum absolute atomic E-state index is 0.0741. The molecule has 1 aromatic heterocycles. The highest BCUT2D eigenvalue weighted by Crippen LogP contribution is 2.23. The summed E-state index contributed by atoms with van der Waals surface area (Å²) in [6.45, 7) is 4.54. The molecule has 1 N–H and O–H groups in total. The van der Waals surface area contributed by atoms with E-state index in [0.717, 1.165) is 11.1 Å². The molecular formula is C23H24N2O2. The van der Waals surface area contributed by atoms with Gasteiger partial charge in [0.1, 0.15) is 6.61 Å². The zero-order valence-electron chi connectivity index (χ0n) is 15.7. The second-order valence-corrected chi connectivity index (χ2v) is 6.60. The second-order valence-electron chi connectivity index (χ2n) is 6.60. The van der Waals surface area contributed by atoms with Crippen molar-refractivity contribution in [3.63, 3.8) is 0 Å². The Labute approximate surface area is 160 Å². The van der Waals surface area contributed by atoms with Crippen LogP contribution < -0.4 is 10.1 Å². The van der Waals surface area contributed by atoms with Crippen molar-refractivity contribution in [2.45, 2.75) is 33.3 Å². The number of anilines is 1. The first-order chi connectivity index (χ1) is 13.1. The molecule has 1 heterocycles. The van der Waals surface area contributed by atoms with E-state index in [-0.39, 0.29) is 5.91 Å². The topological polar surface area (TPSA) is 51.2 Å². The van der Waals surface area contributed by atoms with E-state index in [0.29, 0.717) is 31.0 Å². The minimum Gasteiger partial charge on any atom is -0.485 e. The number of hydrogen-bond acceptors (Lipinski definition) is 3. The summed E-state index contributed by atoms with van der Waals surface area (Å²) in [5.41, 5.74) is 4.64.